The first-order valence-electron chi connectivity index (χ1n) is 19.2. The second-order valence-electron chi connectivity index (χ2n) is 13.7. The van der Waals surface area contributed by atoms with Crippen molar-refractivity contribution >= 4 is 17.9 Å². The molecule has 270 valence electrons. The summed E-state index contributed by atoms with van der Waals surface area (Å²) in [6.07, 6.45) is 25.5. The van der Waals surface area contributed by atoms with Gasteiger partial charge in [-0.15, -0.1) is 0 Å². The smallest absolute Gasteiger partial charge is 0.307 e. The van der Waals surface area contributed by atoms with Gasteiger partial charge in [0.1, 0.15) is 12.7 Å². The van der Waals surface area contributed by atoms with E-state index in [9.17, 15) is 14.4 Å². The third-order valence-electron chi connectivity index (χ3n) is 8.90. The van der Waals surface area contributed by atoms with Gasteiger partial charge in [0.15, 0.2) is 12.2 Å². The van der Waals surface area contributed by atoms with Crippen molar-refractivity contribution in [3.63, 3.8) is 0 Å². The quantitative estimate of drug-likeness (QED) is 0.0416. The SMILES string of the molecule is CCCCCCCCCCCCCC(=O)O[C@@H]1[C@@H](OC(=O)CCCCCCCCCCCCC)CO[C@@H]1COC(=O)CCN(C)C. The van der Waals surface area contributed by atoms with Gasteiger partial charge < -0.3 is 23.8 Å². The topological polar surface area (TPSA) is 91.4 Å². The molecule has 0 unspecified atom stereocenters. The van der Waals surface area contributed by atoms with E-state index in [1.807, 2.05) is 19.0 Å². The summed E-state index contributed by atoms with van der Waals surface area (Å²) in [5.41, 5.74) is 0. The van der Waals surface area contributed by atoms with Crippen LogP contribution in [-0.4, -0.2) is 75.0 Å². The molecule has 0 spiro atoms. The normalized spacial score (nSPS) is 17.8. The van der Waals surface area contributed by atoms with Crippen molar-refractivity contribution in [3.8, 4) is 0 Å². The van der Waals surface area contributed by atoms with Crippen LogP contribution in [0.1, 0.15) is 174 Å². The molecule has 8 nitrogen and oxygen atoms in total. The van der Waals surface area contributed by atoms with Crippen molar-refractivity contribution < 1.29 is 33.3 Å². The molecular formula is C38H71NO7. The van der Waals surface area contributed by atoms with E-state index in [2.05, 4.69) is 13.8 Å². The van der Waals surface area contributed by atoms with Crippen molar-refractivity contribution in [2.75, 3.05) is 33.9 Å². The lowest BCUT2D eigenvalue weighted by Crippen LogP contribution is -2.40. The molecule has 0 aliphatic carbocycles. The largest absolute Gasteiger partial charge is 0.463 e. The van der Waals surface area contributed by atoms with E-state index < -0.39 is 18.3 Å². The van der Waals surface area contributed by atoms with Crippen LogP contribution >= 0.6 is 0 Å². The minimum Gasteiger partial charge on any atom is -0.463 e. The van der Waals surface area contributed by atoms with Crippen LogP contribution in [0, 0.1) is 0 Å². The van der Waals surface area contributed by atoms with Gasteiger partial charge in [-0.2, -0.15) is 0 Å². The summed E-state index contributed by atoms with van der Waals surface area (Å²) >= 11 is 0. The minimum atomic E-state index is -0.775. The Morgan fingerprint density at radius 1 is 0.565 bits per heavy atom. The van der Waals surface area contributed by atoms with Crippen LogP contribution in [0.3, 0.4) is 0 Å². The number of carbonyl (C=O) groups excluding carboxylic acids is 3. The Bertz CT molecular complexity index is 759. The predicted octanol–water partition coefficient (Wildman–Crippen LogP) is 9.11. The number of carbonyl (C=O) groups is 3. The molecule has 1 aliphatic heterocycles. The number of nitrogens with zero attached hydrogens (tertiary/aromatic N) is 1. The number of esters is 3. The molecule has 0 radical (unpaired) electrons. The van der Waals surface area contributed by atoms with E-state index in [-0.39, 0.29) is 37.5 Å². The van der Waals surface area contributed by atoms with Gasteiger partial charge in [-0.25, -0.2) is 0 Å². The van der Waals surface area contributed by atoms with Crippen LogP contribution in [0.15, 0.2) is 0 Å². The highest BCUT2D eigenvalue weighted by Gasteiger charge is 2.43. The first kappa shape index (κ1) is 42.4. The Labute approximate surface area is 282 Å². The van der Waals surface area contributed by atoms with Gasteiger partial charge in [0, 0.05) is 19.4 Å². The van der Waals surface area contributed by atoms with Gasteiger partial charge >= 0.3 is 17.9 Å². The van der Waals surface area contributed by atoms with Gasteiger partial charge in [-0.3, -0.25) is 14.4 Å². The summed E-state index contributed by atoms with van der Waals surface area (Å²) in [6.45, 7) is 5.17. The molecule has 0 aromatic carbocycles. The highest BCUT2D eigenvalue weighted by molar-refractivity contribution is 5.71. The monoisotopic (exact) mass is 654 g/mol. The van der Waals surface area contributed by atoms with E-state index in [4.69, 9.17) is 18.9 Å². The molecule has 0 saturated carbocycles. The molecule has 1 fully saturated rings. The van der Waals surface area contributed by atoms with E-state index in [0.29, 0.717) is 19.4 Å². The Hall–Kier alpha value is -1.67. The lowest BCUT2D eigenvalue weighted by Gasteiger charge is -2.23. The summed E-state index contributed by atoms with van der Waals surface area (Å²) < 4.78 is 22.9. The maximum Gasteiger partial charge on any atom is 0.307 e. The average molecular weight is 654 g/mol. The second-order valence-corrected chi connectivity index (χ2v) is 13.7. The molecule has 0 aromatic rings. The minimum absolute atomic E-state index is 0.0324. The number of unbranched alkanes of at least 4 members (excludes halogenated alkanes) is 20. The molecule has 1 rings (SSSR count). The van der Waals surface area contributed by atoms with Crippen LogP contribution in [0.25, 0.3) is 0 Å². The first-order valence-corrected chi connectivity index (χ1v) is 19.2. The molecule has 46 heavy (non-hydrogen) atoms. The summed E-state index contributed by atoms with van der Waals surface area (Å²) in [7, 11) is 3.79. The second kappa shape index (κ2) is 29.5. The van der Waals surface area contributed by atoms with Crippen LogP contribution in [0.5, 0.6) is 0 Å². The van der Waals surface area contributed by atoms with Crippen molar-refractivity contribution in [1.82, 2.24) is 4.90 Å². The molecule has 0 amide bonds. The summed E-state index contributed by atoms with van der Waals surface area (Å²) in [6, 6.07) is 0. The van der Waals surface area contributed by atoms with Crippen molar-refractivity contribution in [2.24, 2.45) is 0 Å². The summed E-state index contributed by atoms with van der Waals surface area (Å²) in [5, 5.41) is 0. The number of hydrogen-bond donors (Lipinski definition) is 0. The number of ether oxygens (including phenoxy) is 4. The number of rotatable bonds is 31. The van der Waals surface area contributed by atoms with E-state index in [1.54, 1.807) is 0 Å². The fraction of sp³-hybridized carbons (Fsp3) is 0.921. The first-order chi connectivity index (χ1) is 22.4. The van der Waals surface area contributed by atoms with E-state index in [0.717, 1.165) is 38.5 Å². The average Bonchev–Trinajstić information content (AvgIpc) is 3.40. The molecule has 3 atom stereocenters. The number of hydrogen-bond acceptors (Lipinski definition) is 8. The molecule has 1 saturated heterocycles. The lowest BCUT2D eigenvalue weighted by molar-refractivity contribution is -0.168. The molecule has 8 heteroatoms. The highest BCUT2D eigenvalue weighted by Crippen LogP contribution is 2.24. The lowest BCUT2D eigenvalue weighted by atomic mass is 10.1. The molecule has 1 aliphatic rings. The third-order valence-corrected chi connectivity index (χ3v) is 8.90. The molecule has 0 N–H and O–H groups in total. The zero-order valence-corrected chi connectivity index (χ0v) is 30.3. The van der Waals surface area contributed by atoms with Crippen molar-refractivity contribution in [1.29, 1.82) is 0 Å². The maximum absolute atomic E-state index is 12.8. The highest BCUT2D eigenvalue weighted by atomic mass is 16.6. The molecule has 1 heterocycles. The van der Waals surface area contributed by atoms with Gasteiger partial charge in [0.2, 0.25) is 0 Å². The van der Waals surface area contributed by atoms with Gasteiger partial charge in [0.25, 0.3) is 0 Å². The Kier molecular flexibility index (Phi) is 27.1. The third kappa shape index (κ3) is 23.6. The summed E-state index contributed by atoms with van der Waals surface area (Å²) in [4.78, 5) is 39.6. The molecular weight excluding hydrogens is 582 g/mol. The Morgan fingerprint density at radius 3 is 1.41 bits per heavy atom. The van der Waals surface area contributed by atoms with Gasteiger partial charge in [0.05, 0.1) is 13.0 Å². The van der Waals surface area contributed by atoms with Crippen molar-refractivity contribution in [3.05, 3.63) is 0 Å². The van der Waals surface area contributed by atoms with Crippen LogP contribution in [0.4, 0.5) is 0 Å². The van der Waals surface area contributed by atoms with Gasteiger partial charge in [-0.05, 0) is 26.9 Å². The van der Waals surface area contributed by atoms with E-state index >= 15 is 0 Å². The summed E-state index contributed by atoms with van der Waals surface area (Å²) in [5.74, 6) is -0.943. The van der Waals surface area contributed by atoms with Crippen LogP contribution < -0.4 is 0 Å². The van der Waals surface area contributed by atoms with Crippen LogP contribution in [-0.2, 0) is 33.3 Å². The molecule has 0 bridgehead atoms. The maximum atomic E-state index is 12.8. The van der Waals surface area contributed by atoms with E-state index in [1.165, 1.54) is 103 Å². The Morgan fingerprint density at radius 2 is 0.978 bits per heavy atom. The molecule has 0 aromatic heterocycles. The van der Waals surface area contributed by atoms with Crippen molar-refractivity contribution in [2.45, 2.75) is 193 Å². The zero-order chi connectivity index (χ0) is 33.7. The standard InChI is InChI=1S/C38H71NO7/c1-5-7-9-11-13-15-17-19-21-23-25-27-36(41)45-34-32-43-33(31-44-35(40)29-30-39(3)4)38(34)46-37(42)28-26-24-22-20-18-16-14-12-10-8-6-2/h33-34,38H,5-32H2,1-4H3/t33-,34+,38+/m1/s1. The van der Waals surface area contributed by atoms with Crippen LogP contribution in [0.2, 0.25) is 0 Å². The fourth-order valence-corrected chi connectivity index (χ4v) is 5.91. The zero-order valence-electron chi connectivity index (χ0n) is 30.3. The van der Waals surface area contributed by atoms with Gasteiger partial charge in [-0.1, -0.05) is 142 Å². The fourth-order valence-electron chi connectivity index (χ4n) is 5.91. The predicted molar refractivity (Wildman–Crippen MR) is 186 cm³/mol. The Balaban J connectivity index is 2.40.